The molecule has 0 aromatic heterocycles. The van der Waals surface area contributed by atoms with Gasteiger partial charge >= 0.3 is 6.09 Å². The Balaban J connectivity index is 3.83. The smallest absolute Gasteiger partial charge is 0.407 e. The van der Waals surface area contributed by atoms with Gasteiger partial charge in [-0.1, -0.05) is 0 Å². The van der Waals surface area contributed by atoms with Crippen molar-refractivity contribution in [3.8, 4) is 0 Å². The van der Waals surface area contributed by atoms with Crippen LogP contribution in [0.1, 0.15) is 41.0 Å². The second-order valence-corrected chi connectivity index (χ2v) is 6.33. The zero-order valence-electron chi connectivity index (χ0n) is 15.1. The van der Waals surface area contributed by atoms with Crippen LogP contribution in [0.5, 0.6) is 0 Å². The summed E-state index contributed by atoms with van der Waals surface area (Å²) in [5.41, 5.74) is -0.508. The Morgan fingerprint density at radius 2 is 1.61 bits per heavy atom. The van der Waals surface area contributed by atoms with Crippen molar-refractivity contribution in [2.24, 2.45) is 4.99 Å². The van der Waals surface area contributed by atoms with Gasteiger partial charge in [-0.2, -0.15) is 0 Å². The summed E-state index contributed by atoms with van der Waals surface area (Å²) in [5, 5.41) is 11.5. The average Bonchev–Trinajstić information content (AvgIpc) is 2.38. The van der Waals surface area contributed by atoms with Crippen LogP contribution in [0.15, 0.2) is 4.99 Å². The summed E-state index contributed by atoms with van der Waals surface area (Å²) in [6.45, 7) is 10.7. The highest BCUT2D eigenvalue weighted by molar-refractivity contribution is 5.81. The molecule has 0 saturated carbocycles. The Morgan fingerprint density at radius 1 is 1.04 bits per heavy atom. The number of guanidine groups is 1. The van der Waals surface area contributed by atoms with Crippen molar-refractivity contribution in [3.63, 3.8) is 0 Å². The second-order valence-electron chi connectivity index (χ2n) is 6.33. The number of carbonyl (C=O) groups is 2. The topological polar surface area (TPSA) is 104 Å². The molecule has 0 unspecified atom stereocenters. The van der Waals surface area contributed by atoms with E-state index in [1.807, 2.05) is 34.6 Å². The van der Waals surface area contributed by atoms with Gasteiger partial charge in [-0.3, -0.25) is 9.79 Å². The van der Waals surface area contributed by atoms with Gasteiger partial charge < -0.3 is 26.0 Å². The van der Waals surface area contributed by atoms with E-state index in [1.54, 1.807) is 7.05 Å². The fourth-order valence-corrected chi connectivity index (χ4v) is 1.57. The van der Waals surface area contributed by atoms with Crippen LogP contribution in [-0.4, -0.2) is 56.3 Å². The van der Waals surface area contributed by atoms with Crippen LogP contribution in [0.3, 0.4) is 0 Å². The van der Waals surface area contributed by atoms with Crippen LogP contribution >= 0.6 is 0 Å². The lowest BCUT2D eigenvalue weighted by molar-refractivity contribution is -0.121. The number of hydrogen-bond donors (Lipinski definition) is 4. The van der Waals surface area contributed by atoms with E-state index in [-0.39, 0.29) is 11.9 Å². The molecule has 23 heavy (non-hydrogen) atoms. The molecule has 0 fully saturated rings. The van der Waals surface area contributed by atoms with Gasteiger partial charge in [0, 0.05) is 39.1 Å². The second kappa shape index (κ2) is 10.7. The first-order chi connectivity index (χ1) is 10.6. The zero-order valence-corrected chi connectivity index (χ0v) is 15.1. The van der Waals surface area contributed by atoms with Crippen molar-refractivity contribution >= 4 is 18.0 Å². The third kappa shape index (κ3) is 13.4. The molecule has 0 saturated heterocycles. The van der Waals surface area contributed by atoms with Crippen molar-refractivity contribution in [1.82, 2.24) is 21.3 Å². The van der Waals surface area contributed by atoms with Gasteiger partial charge in [-0.25, -0.2) is 4.79 Å². The van der Waals surface area contributed by atoms with Gasteiger partial charge in [0.05, 0.1) is 0 Å². The fraction of sp³-hybridized carbons (Fsp3) is 0.800. The number of nitrogens with zero attached hydrogens (tertiary/aromatic N) is 1. The van der Waals surface area contributed by atoms with E-state index in [9.17, 15) is 9.59 Å². The lowest BCUT2D eigenvalue weighted by Gasteiger charge is -2.20. The van der Waals surface area contributed by atoms with E-state index < -0.39 is 11.7 Å². The number of nitrogens with one attached hydrogen (secondary N) is 4. The number of carbonyl (C=O) groups excluding carboxylic acids is 2. The quantitative estimate of drug-likeness (QED) is 0.311. The van der Waals surface area contributed by atoms with Crippen molar-refractivity contribution in [1.29, 1.82) is 0 Å². The number of alkyl carbamates (subject to hydrolysis) is 1. The number of aliphatic imine (C=N–C) groups is 1. The molecule has 0 aliphatic carbocycles. The van der Waals surface area contributed by atoms with Crippen LogP contribution in [-0.2, 0) is 9.53 Å². The monoisotopic (exact) mass is 329 g/mol. The Hall–Kier alpha value is -1.99. The summed E-state index contributed by atoms with van der Waals surface area (Å²) in [5.74, 6) is 0.572. The molecule has 0 aliphatic heterocycles. The largest absolute Gasteiger partial charge is 0.444 e. The molecule has 4 N–H and O–H groups in total. The summed E-state index contributed by atoms with van der Waals surface area (Å²) in [4.78, 5) is 27.0. The Morgan fingerprint density at radius 3 is 2.13 bits per heavy atom. The summed E-state index contributed by atoms with van der Waals surface area (Å²) >= 11 is 0. The summed E-state index contributed by atoms with van der Waals surface area (Å²) in [6, 6.07) is 0.138. The SMILES string of the molecule is CN=C(NCCNC(=O)OC(C)(C)C)NCCC(=O)NC(C)C. The number of amides is 2. The third-order valence-corrected chi connectivity index (χ3v) is 2.40. The van der Waals surface area contributed by atoms with Gasteiger partial charge in [0.15, 0.2) is 5.96 Å². The van der Waals surface area contributed by atoms with Crippen LogP contribution < -0.4 is 21.3 Å². The van der Waals surface area contributed by atoms with Crippen LogP contribution in [0.4, 0.5) is 4.79 Å². The lowest BCUT2D eigenvalue weighted by atomic mass is 10.2. The number of ether oxygens (including phenoxy) is 1. The molecule has 8 nitrogen and oxygen atoms in total. The van der Waals surface area contributed by atoms with Gasteiger partial charge in [0.25, 0.3) is 0 Å². The summed E-state index contributed by atoms with van der Waals surface area (Å²) in [7, 11) is 1.64. The lowest BCUT2D eigenvalue weighted by Crippen LogP contribution is -2.43. The number of rotatable bonds is 7. The van der Waals surface area contributed by atoms with E-state index in [4.69, 9.17) is 4.74 Å². The summed E-state index contributed by atoms with van der Waals surface area (Å²) in [6.07, 6.45) is -0.0812. The minimum atomic E-state index is -0.508. The molecule has 0 aromatic carbocycles. The van der Waals surface area contributed by atoms with Crippen molar-refractivity contribution in [3.05, 3.63) is 0 Å². The molecule has 0 atom stereocenters. The molecule has 0 heterocycles. The molecular weight excluding hydrogens is 298 g/mol. The first-order valence-corrected chi connectivity index (χ1v) is 7.84. The zero-order chi connectivity index (χ0) is 17.9. The Bertz CT molecular complexity index is 402. The highest BCUT2D eigenvalue weighted by atomic mass is 16.6. The average molecular weight is 329 g/mol. The molecule has 0 spiro atoms. The molecule has 0 radical (unpaired) electrons. The maximum Gasteiger partial charge on any atom is 0.407 e. The predicted molar refractivity (Wildman–Crippen MR) is 91.5 cm³/mol. The molecule has 0 rings (SSSR count). The van der Waals surface area contributed by atoms with E-state index in [1.165, 1.54) is 0 Å². The highest BCUT2D eigenvalue weighted by Crippen LogP contribution is 2.05. The Kier molecular flexibility index (Phi) is 9.76. The van der Waals surface area contributed by atoms with Gasteiger partial charge in [0.1, 0.15) is 5.60 Å². The minimum absolute atomic E-state index is 0.00505. The molecule has 0 aromatic rings. The van der Waals surface area contributed by atoms with E-state index in [0.29, 0.717) is 32.0 Å². The van der Waals surface area contributed by atoms with E-state index >= 15 is 0 Å². The normalized spacial score (nSPS) is 11.9. The highest BCUT2D eigenvalue weighted by Gasteiger charge is 2.15. The molecule has 0 bridgehead atoms. The van der Waals surface area contributed by atoms with E-state index in [0.717, 1.165) is 0 Å². The van der Waals surface area contributed by atoms with Crippen LogP contribution in [0.2, 0.25) is 0 Å². The molecule has 2 amide bonds. The Labute approximate surface area is 138 Å². The first-order valence-electron chi connectivity index (χ1n) is 7.84. The third-order valence-electron chi connectivity index (χ3n) is 2.40. The fourth-order valence-electron chi connectivity index (χ4n) is 1.57. The van der Waals surface area contributed by atoms with E-state index in [2.05, 4.69) is 26.3 Å². The van der Waals surface area contributed by atoms with Gasteiger partial charge in [-0.15, -0.1) is 0 Å². The predicted octanol–water partition coefficient (Wildman–Crippen LogP) is 0.591. The molecule has 0 aliphatic rings. The van der Waals surface area contributed by atoms with Crippen molar-refractivity contribution in [2.75, 3.05) is 26.7 Å². The standard InChI is InChI=1S/C15H31N5O3/c1-11(2)20-12(21)7-8-17-13(16-6)18-9-10-19-14(22)23-15(3,4)5/h11H,7-10H2,1-6H3,(H,19,22)(H,20,21)(H2,16,17,18). The molecule has 8 heteroatoms. The first kappa shape index (κ1) is 21.0. The maximum atomic E-state index is 11.5. The van der Waals surface area contributed by atoms with Crippen molar-refractivity contribution < 1.29 is 14.3 Å². The summed E-state index contributed by atoms with van der Waals surface area (Å²) < 4.78 is 5.13. The molecular formula is C15H31N5O3. The van der Waals surface area contributed by atoms with Crippen molar-refractivity contribution in [2.45, 2.75) is 52.7 Å². The van der Waals surface area contributed by atoms with Crippen LogP contribution in [0, 0.1) is 0 Å². The van der Waals surface area contributed by atoms with Gasteiger partial charge in [-0.05, 0) is 34.6 Å². The van der Waals surface area contributed by atoms with Gasteiger partial charge in [0.2, 0.25) is 5.91 Å². The number of hydrogen-bond acceptors (Lipinski definition) is 4. The molecule has 134 valence electrons. The van der Waals surface area contributed by atoms with Crippen LogP contribution in [0.25, 0.3) is 0 Å². The maximum absolute atomic E-state index is 11.5. The minimum Gasteiger partial charge on any atom is -0.444 e.